The van der Waals surface area contributed by atoms with Crippen LogP contribution in [0.2, 0.25) is 5.02 Å². The lowest BCUT2D eigenvalue weighted by Crippen LogP contribution is -1.98. The second kappa shape index (κ2) is 5.63. The highest BCUT2D eigenvalue weighted by molar-refractivity contribution is 9.10. The summed E-state index contributed by atoms with van der Waals surface area (Å²) in [7, 11) is 0. The van der Waals surface area contributed by atoms with Crippen molar-refractivity contribution in [1.29, 1.82) is 0 Å². The molecule has 0 bridgehead atoms. The van der Waals surface area contributed by atoms with Crippen molar-refractivity contribution in [2.45, 2.75) is 19.3 Å². The van der Waals surface area contributed by atoms with Gasteiger partial charge in [-0.25, -0.2) is 0 Å². The second-order valence-corrected chi connectivity index (χ2v) is 4.26. The molecule has 0 unspecified atom stereocenters. The molecule has 0 heterocycles. The molecule has 0 aromatic heterocycles. The Morgan fingerprint density at radius 3 is 2.69 bits per heavy atom. The quantitative estimate of drug-likeness (QED) is 0.827. The van der Waals surface area contributed by atoms with E-state index in [1.54, 1.807) is 0 Å². The summed E-state index contributed by atoms with van der Waals surface area (Å²) in [6, 6.07) is 6.08. The van der Waals surface area contributed by atoms with Crippen LogP contribution in [0.5, 0.6) is 0 Å². The normalized spacial score (nSPS) is 10.4. The topological polar surface area (TPSA) is 26.0 Å². The third kappa shape index (κ3) is 3.67. The summed E-state index contributed by atoms with van der Waals surface area (Å²) in [6.45, 7) is 0.768. The number of aryl methyl sites for hydroxylation is 1. The lowest BCUT2D eigenvalue weighted by atomic mass is 10.1. The van der Waals surface area contributed by atoms with Crippen LogP contribution < -0.4 is 5.73 Å². The Labute approximate surface area is 92.4 Å². The fourth-order valence-electron chi connectivity index (χ4n) is 1.17. The van der Waals surface area contributed by atoms with E-state index in [0.29, 0.717) is 0 Å². The summed E-state index contributed by atoms with van der Waals surface area (Å²) in [4.78, 5) is 0. The van der Waals surface area contributed by atoms with Gasteiger partial charge in [0.05, 0.1) is 5.02 Å². The average Bonchev–Trinajstić information content (AvgIpc) is 2.12. The predicted molar refractivity (Wildman–Crippen MR) is 61.1 cm³/mol. The summed E-state index contributed by atoms with van der Waals surface area (Å²) in [5, 5.41) is 0.783. The minimum atomic E-state index is 0.768. The predicted octanol–water partition coefficient (Wildman–Crippen LogP) is 3.38. The Morgan fingerprint density at radius 2 is 2.08 bits per heavy atom. The summed E-state index contributed by atoms with van der Waals surface area (Å²) in [6.07, 6.45) is 3.27. The molecule has 72 valence electrons. The molecule has 0 saturated carbocycles. The molecule has 0 saturated heterocycles. The number of halogens is 2. The van der Waals surface area contributed by atoms with Crippen LogP contribution in [0.4, 0.5) is 0 Å². The number of hydrogen-bond acceptors (Lipinski definition) is 1. The van der Waals surface area contributed by atoms with E-state index in [0.717, 1.165) is 35.3 Å². The lowest BCUT2D eigenvalue weighted by molar-refractivity contribution is 0.745. The van der Waals surface area contributed by atoms with Gasteiger partial charge >= 0.3 is 0 Å². The first-order chi connectivity index (χ1) is 6.24. The molecule has 13 heavy (non-hydrogen) atoms. The van der Waals surface area contributed by atoms with Gasteiger partial charge < -0.3 is 5.73 Å². The van der Waals surface area contributed by atoms with Gasteiger partial charge in [-0.05, 0) is 59.4 Å². The zero-order valence-electron chi connectivity index (χ0n) is 7.39. The highest BCUT2D eigenvalue weighted by atomic mass is 79.9. The standard InChI is InChI=1S/C10H13BrClN/c11-9-5-4-8(7-10(9)12)3-1-2-6-13/h4-5,7H,1-3,6,13H2. The van der Waals surface area contributed by atoms with E-state index in [1.165, 1.54) is 5.56 Å². The van der Waals surface area contributed by atoms with Gasteiger partial charge in [0.25, 0.3) is 0 Å². The van der Waals surface area contributed by atoms with Crippen LogP contribution >= 0.6 is 27.5 Å². The minimum absolute atomic E-state index is 0.768. The first kappa shape index (κ1) is 11.0. The third-order valence-corrected chi connectivity index (χ3v) is 3.14. The van der Waals surface area contributed by atoms with Crippen LogP contribution in [0.15, 0.2) is 22.7 Å². The van der Waals surface area contributed by atoms with Crippen LogP contribution in [-0.4, -0.2) is 6.54 Å². The van der Waals surface area contributed by atoms with E-state index in [2.05, 4.69) is 22.0 Å². The maximum atomic E-state index is 5.96. The SMILES string of the molecule is NCCCCc1ccc(Br)c(Cl)c1. The number of benzene rings is 1. The van der Waals surface area contributed by atoms with E-state index in [-0.39, 0.29) is 0 Å². The van der Waals surface area contributed by atoms with Gasteiger partial charge in [-0.1, -0.05) is 17.7 Å². The summed E-state index contributed by atoms with van der Waals surface area (Å²) < 4.78 is 0.955. The Balaban J connectivity index is 2.53. The molecule has 0 amide bonds. The first-order valence-corrected chi connectivity index (χ1v) is 5.55. The molecule has 3 heteroatoms. The van der Waals surface area contributed by atoms with E-state index in [9.17, 15) is 0 Å². The van der Waals surface area contributed by atoms with E-state index in [4.69, 9.17) is 17.3 Å². The Kier molecular flexibility index (Phi) is 4.78. The molecule has 0 aliphatic rings. The van der Waals surface area contributed by atoms with Crippen molar-refractivity contribution in [3.8, 4) is 0 Å². The zero-order chi connectivity index (χ0) is 9.68. The van der Waals surface area contributed by atoms with Crippen molar-refractivity contribution in [3.63, 3.8) is 0 Å². The monoisotopic (exact) mass is 261 g/mol. The van der Waals surface area contributed by atoms with Crippen molar-refractivity contribution < 1.29 is 0 Å². The van der Waals surface area contributed by atoms with Crippen molar-refractivity contribution in [2.24, 2.45) is 5.73 Å². The second-order valence-electron chi connectivity index (χ2n) is 2.99. The molecule has 1 nitrogen and oxygen atoms in total. The average molecular weight is 263 g/mol. The van der Waals surface area contributed by atoms with Gasteiger partial charge in [0.2, 0.25) is 0 Å². The van der Waals surface area contributed by atoms with E-state index < -0.39 is 0 Å². The first-order valence-electron chi connectivity index (χ1n) is 4.38. The summed E-state index contributed by atoms with van der Waals surface area (Å²) in [5.41, 5.74) is 6.69. The molecular formula is C10H13BrClN. The molecule has 1 aromatic carbocycles. The molecule has 0 spiro atoms. The van der Waals surface area contributed by atoms with Gasteiger partial charge in [0, 0.05) is 4.47 Å². The minimum Gasteiger partial charge on any atom is -0.330 e. The smallest absolute Gasteiger partial charge is 0.0550 e. The zero-order valence-corrected chi connectivity index (χ0v) is 9.74. The molecule has 1 aromatic rings. The largest absolute Gasteiger partial charge is 0.330 e. The number of unbranched alkanes of at least 4 members (excludes halogenated alkanes) is 1. The van der Waals surface area contributed by atoms with Gasteiger partial charge in [0.1, 0.15) is 0 Å². The Hall–Kier alpha value is -0.0500. The third-order valence-electron chi connectivity index (χ3n) is 1.90. The molecule has 0 aliphatic carbocycles. The number of hydrogen-bond donors (Lipinski definition) is 1. The summed E-state index contributed by atoms with van der Waals surface area (Å²) >= 11 is 9.31. The van der Waals surface area contributed by atoms with Crippen LogP contribution in [0.1, 0.15) is 18.4 Å². The van der Waals surface area contributed by atoms with Crippen molar-refractivity contribution in [2.75, 3.05) is 6.54 Å². The molecule has 1 rings (SSSR count). The Bertz CT molecular complexity index is 276. The van der Waals surface area contributed by atoms with Crippen molar-refractivity contribution >= 4 is 27.5 Å². The number of nitrogens with two attached hydrogens (primary N) is 1. The van der Waals surface area contributed by atoms with E-state index >= 15 is 0 Å². The van der Waals surface area contributed by atoms with Crippen molar-refractivity contribution in [3.05, 3.63) is 33.3 Å². The van der Waals surface area contributed by atoms with E-state index in [1.807, 2.05) is 12.1 Å². The van der Waals surface area contributed by atoms with Gasteiger partial charge in [-0.3, -0.25) is 0 Å². The molecular weight excluding hydrogens is 249 g/mol. The van der Waals surface area contributed by atoms with Gasteiger partial charge in [0.15, 0.2) is 0 Å². The number of rotatable bonds is 4. The highest BCUT2D eigenvalue weighted by Crippen LogP contribution is 2.23. The molecule has 0 atom stereocenters. The van der Waals surface area contributed by atoms with Crippen LogP contribution in [0, 0.1) is 0 Å². The summed E-state index contributed by atoms with van der Waals surface area (Å²) in [5.74, 6) is 0. The molecule has 0 radical (unpaired) electrons. The molecule has 0 aliphatic heterocycles. The van der Waals surface area contributed by atoms with Crippen molar-refractivity contribution in [1.82, 2.24) is 0 Å². The van der Waals surface area contributed by atoms with Crippen LogP contribution in [0.3, 0.4) is 0 Å². The maximum Gasteiger partial charge on any atom is 0.0550 e. The van der Waals surface area contributed by atoms with Gasteiger partial charge in [-0.2, -0.15) is 0 Å². The fourth-order valence-corrected chi connectivity index (χ4v) is 1.62. The van der Waals surface area contributed by atoms with Crippen LogP contribution in [-0.2, 0) is 6.42 Å². The highest BCUT2D eigenvalue weighted by Gasteiger charge is 1.98. The Morgan fingerprint density at radius 1 is 1.31 bits per heavy atom. The lowest BCUT2D eigenvalue weighted by Gasteiger charge is -2.02. The molecule has 2 N–H and O–H groups in total. The van der Waals surface area contributed by atoms with Crippen LogP contribution in [0.25, 0.3) is 0 Å². The maximum absolute atomic E-state index is 5.96. The molecule has 0 fully saturated rings. The van der Waals surface area contributed by atoms with Gasteiger partial charge in [-0.15, -0.1) is 0 Å². The fraction of sp³-hybridized carbons (Fsp3) is 0.400.